The zero-order chi connectivity index (χ0) is 16.9. The van der Waals surface area contributed by atoms with Gasteiger partial charge in [-0.1, -0.05) is 6.92 Å². The summed E-state index contributed by atoms with van der Waals surface area (Å²) in [5.41, 5.74) is 12.2. The molecule has 0 amide bonds. The van der Waals surface area contributed by atoms with Gasteiger partial charge < -0.3 is 11.5 Å². The molecule has 1 unspecified atom stereocenters. The van der Waals surface area contributed by atoms with E-state index >= 15 is 0 Å². The van der Waals surface area contributed by atoms with Crippen molar-refractivity contribution in [2.45, 2.75) is 50.2 Å². The molecule has 0 heterocycles. The molecule has 5 nitrogen and oxygen atoms in total. The maximum absolute atomic E-state index is 12.7. The van der Waals surface area contributed by atoms with Crippen molar-refractivity contribution < 1.29 is 13.2 Å². The first kappa shape index (κ1) is 16.8. The number of rotatable bonds is 4. The molecule has 0 aliphatic heterocycles. The molecule has 0 bridgehead atoms. The van der Waals surface area contributed by atoms with Crippen LogP contribution in [0.2, 0.25) is 0 Å². The smallest absolute Gasteiger partial charge is 0.185 e. The van der Waals surface area contributed by atoms with E-state index in [0.29, 0.717) is 11.5 Å². The van der Waals surface area contributed by atoms with Crippen molar-refractivity contribution in [3.8, 4) is 0 Å². The van der Waals surface area contributed by atoms with E-state index in [0.717, 1.165) is 12.8 Å². The quantitative estimate of drug-likeness (QED) is 0.654. The van der Waals surface area contributed by atoms with Crippen LogP contribution in [-0.2, 0) is 9.84 Å². The highest BCUT2D eigenvalue weighted by molar-refractivity contribution is 7.93. The van der Waals surface area contributed by atoms with Crippen LogP contribution in [0.3, 0.4) is 0 Å². The largest absolute Gasteiger partial charge is 0.397 e. The van der Waals surface area contributed by atoms with Crippen molar-refractivity contribution in [3.05, 3.63) is 17.7 Å². The van der Waals surface area contributed by atoms with E-state index in [-0.39, 0.29) is 28.0 Å². The molecule has 1 aromatic carbocycles. The number of ketones is 1. The van der Waals surface area contributed by atoms with Crippen molar-refractivity contribution in [1.29, 1.82) is 0 Å². The van der Waals surface area contributed by atoms with Gasteiger partial charge in [-0.05, 0) is 51.7 Å². The van der Waals surface area contributed by atoms with Gasteiger partial charge >= 0.3 is 0 Å². The molecular weight excluding hydrogens is 300 g/mol. The van der Waals surface area contributed by atoms with Gasteiger partial charge in [-0.2, -0.15) is 0 Å². The van der Waals surface area contributed by atoms with Crippen molar-refractivity contribution >= 4 is 27.0 Å². The lowest BCUT2D eigenvalue weighted by atomic mass is 9.94. The monoisotopic (exact) mass is 324 g/mol. The third kappa shape index (κ3) is 2.84. The lowest BCUT2D eigenvalue weighted by molar-refractivity contribution is 0.0916. The van der Waals surface area contributed by atoms with Gasteiger partial charge in [0.15, 0.2) is 15.6 Å². The molecule has 0 saturated heterocycles. The SMILES string of the molecule is CC(C(=O)c1cc(N)c(N)c(S(=O)(=O)C(C)(C)C)c1)C1CC1. The predicted molar refractivity (Wildman–Crippen MR) is 88.4 cm³/mol. The molecule has 0 radical (unpaired) electrons. The highest BCUT2D eigenvalue weighted by Crippen LogP contribution is 2.39. The fourth-order valence-corrected chi connectivity index (χ4v) is 3.77. The topological polar surface area (TPSA) is 103 Å². The summed E-state index contributed by atoms with van der Waals surface area (Å²) in [6.45, 7) is 6.67. The Kier molecular flexibility index (Phi) is 4.02. The van der Waals surface area contributed by atoms with Crippen LogP contribution in [0.4, 0.5) is 11.4 Å². The second-order valence-electron chi connectivity index (χ2n) is 7.08. The van der Waals surface area contributed by atoms with Crippen molar-refractivity contribution in [2.24, 2.45) is 11.8 Å². The molecule has 1 saturated carbocycles. The summed E-state index contributed by atoms with van der Waals surface area (Å²) in [6, 6.07) is 2.87. The van der Waals surface area contributed by atoms with Crippen LogP contribution in [0, 0.1) is 11.8 Å². The first-order valence-electron chi connectivity index (χ1n) is 7.44. The summed E-state index contributed by atoms with van der Waals surface area (Å²) in [5.74, 6) is 0.210. The summed E-state index contributed by atoms with van der Waals surface area (Å²) in [4.78, 5) is 12.5. The summed E-state index contributed by atoms with van der Waals surface area (Å²) >= 11 is 0. The number of sulfone groups is 1. The fraction of sp³-hybridized carbons (Fsp3) is 0.562. The van der Waals surface area contributed by atoms with E-state index in [4.69, 9.17) is 11.5 Å². The molecule has 4 N–H and O–H groups in total. The molecule has 1 aromatic rings. The van der Waals surface area contributed by atoms with E-state index in [1.54, 1.807) is 20.8 Å². The first-order valence-corrected chi connectivity index (χ1v) is 8.93. The number of carbonyl (C=O) groups excluding carboxylic acids is 1. The van der Waals surface area contributed by atoms with Gasteiger partial charge in [0.1, 0.15) is 0 Å². The van der Waals surface area contributed by atoms with Gasteiger partial charge in [0, 0.05) is 11.5 Å². The number of Topliss-reactive ketones (excluding diaryl/α,β-unsaturated/α-hetero) is 1. The number of hydrogen-bond donors (Lipinski definition) is 2. The maximum Gasteiger partial charge on any atom is 0.185 e. The Morgan fingerprint density at radius 3 is 2.23 bits per heavy atom. The van der Waals surface area contributed by atoms with Gasteiger partial charge in [0.2, 0.25) is 0 Å². The van der Waals surface area contributed by atoms with E-state index in [9.17, 15) is 13.2 Å². The Bertz CT molecular complexity index is 714. The van der Waals surface area contributed by atoms with Crippen LogP contribution in [0.1, 0.15) is 50.9 Å². The molecule has 122 valence electrons. The zero-order valence-corrected chi connectivity index (χ0v) is 14.3. The van der Waals surface area contributed by atoms with Crippen molar-refractivity contribution in [2.75, 3.05) is 11.5 Å². The Morgan fingerprint density at radius 2 is 1.77 bits per heavy atom. The Morgan fingerprint density at radius 1 is 1.23 bits per heavy atom. The van der Waals surface area contributed by atoms with Crippen LogP contribution in [0.15, 0.2) is 17.0 Å². The fourth-order valence-electron chi connectivity index (χ4n) is 2.42. The van der Waals surface area contributed by atoms with Gasteiger partial charge in [-0.3, -0.25) is 4.79 Å². The van der Waals surface area contributed by atoms with Gasteiger partial charge in [0.25, 0.3) is 0 Å². The summed E-state index contributed by atoms with van der Waals surface area (Å²) in [7, 11) is -3.67. The van der Waals surface area contributed by atoms with Crippen LogP contribution < -0.4 is 11.5 Å². The average molecular weight is 324 g/mol. The Labute approximate surface area is 132 Å². The van der Waals surface area contributed by atoms with E-state index in [1.807, 2.05) is 6.92 Å². The third-order valence-corrected chi connectivity index (χ3v) is 6.83. The minimum absolute atomic E-state index is 0.0190. The number of carbonyl (C=O) groups is 1. The summed E-state index contributed by atoms with van der Waals surface area (Å²) in [5, 5.41) is 0. The third-order valence-electron chi connectivity index (χ3n) is 4.30. The van der Waals surface area contributed by atoms with Crippen molar-refractivity contribution in [3.63, 3.8) is 0 Å². The van der Waals surface area contributed by atoms with E-state index in [2.05, 4.69) is 0 Å². The average Bonchev–Trinajstić information content (AvgIpc) is 3.22. The normalized spacial score (nSPS) is 17.3. The minimum Gasteiger partial charge on any atom is -0.397 e. The summed E-state index contributed by atoms with van der Waals surface area (Å²) in [6.07, 6.45) is 2.09. The highest BCUT2D eigenvalue weighted by atomic mass is 32.2. The number of hydrogen-bond acceptors (Lipinski definition) is 5. The molecule has 0 aromatic heterocycles. The summed E-state index contributed by atoms with van der Waals surface area (Å²) < 4.78 is 24.3. The van der Waals surface area contributed by atoms with Crippen molar-refractivity contribution in [1.82, 2.24) is 0 Å². The Hall–Kier alpha value is -1.56. The molecule has 1 atom stereocenters. The molecule has 1 fully saturated rings. The minimum atomic E-state index is -3.67. The first-order chi connectivity index (χ1) is 9.96. The lowest BCUT2D eigenvalue weighted by Crippen LogP contribution is -2.29. The molecule has 6 heteroatoms. The van der Waals surface area contributed by atoms with Crippen LogP contribution in [0.5, 0.6) is 0 Å². The predicted octanol–water partition coefficient (Wildman–Crippen LogP) is 2.65. The van der Waals surface area contributed by atoms with Crippen LogP contribution in [-0.4, -0.2) is 18.9 Å². The molecular formula is C16H24N2O3S. The molecule has 2 rings (SSSR count). The lowest BCUT2D eigenvalue weighted by Gasteiger charge is -2.22. The van der Waals surface area contributed by atoms with E-state index in [1.165, 1.54) is 12.1 Å². The van der Waals surface area contributed by atoms with Crippen LogP contribution in [0.25, 0.3) is 0 Å². The highest BCUT2D eigenvalue weighted by Gasteiger charge is 2.36. The second-order valence-corrected chi connectivity index (χ2v) is 9.75. The number of anilines is 2. The van der Waals surface area contributed by atoms with Gasteiger partial charge in [-0.15, -0.1) is 0 Å². The number of nitrogens with two attached hydrogens (primary N) is 2. The van der Waals surface area contributed by atoms with Gasteiger partial charge in [-0.25, -0.2) is 8.42 Å². The van der Waals surface area contributed by atoms with Gasteiger partial charge in [0.05, 0.1) is 21.0 Å². The number of benzene rings is 1. The molecule has 22 heavy (non-hydrogen) atoms. The Balaban J connectivity index is 2.55. The molecule has 1 aliphatic carbocycles. The standard InChI is InChI=1S/C16H24N2O3S/c1-9(10-5-6-10)15(19)11-7-12(17)14(18)13(8-11)22(20,21)16(2,3)4/h7-10H,5-6,17-18H2,1-4H3. The zero-order valence-electron chi connectivity index (χ0n) is 13.5. The molecule has 1 aliphatic rings. The maximum atomic E-state index is 12.7. The van der Waals surface area contributed by atoms with E-state index < -0.39 is 14.6 Å². The number of nitrogen functional groups attached to an aromatic ring is 2. The van der Waals surface area contributed by atoms with Crippen LogP contribution >= 0.6 is 0 Å². The molecule has 0 spiro atoms. The second kappa shape index (κ2) is 5.26.